The lowest BCUT2D eigenvalue weighted by molar-refractivity contribution is -0.123. The fourth-order valence-corrected chi connectivity index (χ4v) is 3.14. The maximum atomic E-state index is 11.9. The van der Waals surface area contributed by atoms with E-state index in [1.54, 1.807) is 6.07 Å². The summed E-state index contributed by atoms with van der Waals surface area (Å²) in [5.74, 6) is 0.333. The fourth-order valence-electron chi connectivity index (χ4n) is 2.15. The van der Waals surface area contributed by atoms with E-state index in [4.69, 9.17) is 16.3 Å². The first-order valence-corrected chi connectivity index (χ1v) is 8.52. The summed E-state index contributed by atoms with van der Waals surface area (Å²) in [5.41, 5.74) is 3.19. The summed E-state index contributed by atoms with van der Waals surface area (Å²) in [6.45, 7) is 1.72. The Kier molecular flexibility index (Phi) is 5.13. The van der Waals surface area contributed by atoms with Crippen LogP contribution in [0.3, 0.4) is 0 Å². The number of rotatable bonds is 5. The summed E-state index contributed by atoms with van der Waals surface area (Å²) in [6.07, 6.45) is 0. The normalized spacial score (nSPS) is 11.5. The topological polar surface area (TPSA) is 50.7 Å². The number of fused-ring (bicyclic) bond motifs is 1. The second kappa shape index (κ2) is 7.47. The van der Waals surface area contributed by atoms with E-state index < -0.39 is 0 Å². The highest BCUT2D eigenvalue weighted by Crippen LogP contribution is 2.22. The molecule has 0 aliphatic carbocycles. The van der Waals surface area contributed by atoms with Crippen LogP contribution in [0.5, 0.6) is 5.75 Å². The van der Waals surface area contributed by atoms with Gasteiger partial charge < -0.3 is 4.74 Å². The molecule has 0 unspecified atom stereocenters. The summed E-state index contributed by atoms with van der Waals surface area (Å²) in [7, 11) is 0. The van der Waals surface area contributed by atoms with E-state index in [0.29, 0.717) is 15.8 Å². The van der Waals surface area contributed by atoms with E-state index in [1.807, 2.05) is 55.5 Å². The molecule has 1 aromatic heterocycles. The number of nitrogens with zero attached hydrogens (tertiary/aromatic N) is 1. The molecule has 6 heteroatoms. The molecule has 1 heterocycles. The third-order valence-corrected chi connectivity index (χ3v) is 4.71. The number of halogens is 1. The molecular formula is C18H15ClN2O2S. The smallest absolute Gasteiger partial charge is 0.277 e. The van der Waals surface area contributed by atoms with Crippen molar-refractivity contribution in [2.45, 2.75) is 6.92 Å². The van der Waals surface area contributed by atoms with Crippen LogP contribution in [-0.4, -0.2) is 18.2 Å². The second-order valence-corrected chi connectivity index (χ2v) is 6.85. The van der Waals surface area contributed by atoms with Crippen LogP contribution in [0.1, 0.15) is 11.8 Å². The monoisotopic (exact) mass is 358 g/mol. The van der Waals surface area contributed by atoms with Gasteiger partial charge in [0.1, 0.15) is 5.75 Å². The van der Waals surface area contributed by atoms with Gasteiger partial charge in [0, 0.05) is 0 Å². The van der Waals surface area contributed by atoms with Gasteiger partial charge in [0.15, 0.2) is 6.61 Å². The molecule has 1 N–H and O–H groups in total. The Hall–Kier alpha value is -2.37. The zero-order chi connectivity index (χ0) is 16.9. The van der Waals surface area contributed by atoms with Crippen molar-refractivity contribution in [3.05, 3.63) is 63.8 Å². The molecule has 1 amide bonds. The SMILES string of the molecule is C/C(=N\NC(=O)COc1ccc2ccccc2c1)c1ccc(Cl)s1. The average Bonchev–Trinajstić information content (AvgIpc) is 3.04. The van der Waals surface area contributed by atoms with Gasteiger partial charge in [-0.3, -0.25) is 4.79 Å². The molecule has 0 saturated heterocycles. The summed E-state index contributed by atoms with van der Waals surface area (Å²) in [5, 5.41) is 6.26. The van der Waals surface area contributed by atoms with Crippen LogP contribution >= 0.6 is 22.9 Å². The van der Waals surface area contributed by atoms with Crippen molar-refractivity contribution in [2.24, 2.45) is 5.10 Å². The van der Waals surface area contributed by atoms with E-state index >= 15 is 0 Å². The van der Waals surface area contributed by atoms with Crippen molar-refractivity contribution >= 4 is 45.3 Å². The van der Waals surface area contributed by atoms with Crippen molar-refractivity contribution in [1.29, 1.82) is 0 Å². The number of carbonyl (C=O) groups is 1. The predicted octanol–water partition coefficient (Wildman–Crippen LogP) is 4.47. The third-order valence-electron chi connectivity index (χ3n) is 3.37. The first kappa shape index (κ1) is 16.5. The highest BCUT2D eigenvalue weighted by atomic mass is 35.5. The van der Waals surface area contributed by atoms with Gasteiger partial charge in [0.05, 0.1) is 14.9 Å². The molecule has 4 nitrogen and oxygen atoms in total. The largest absolute Gasteiger partial charge is 0.484 e. The number of ether oxygens (including phenoxy) is 1. The number of nitrogens with one attached hydrogen (secondary N) is 1. The second-order valence-electron chi connectivity index (χ2n) is 5.13. The van der Waals surface area contributed by atoms with Crippen molar-refractivity contribution in [3.8, 4) is 5.75 Å². The van der Waals surface area contributed by atoms with Gasteiger partial charge in [0.2, 0.25) is 0 Å². The Bertz CT molecular complexity index is 905. The van der Waals surface area contributed by atoms with Crippen LogP contribution in [0, 0.1) is 0 Å². The molecule has 0 atom stereocenters. The van der Waals surface area contributed by atoms with E-state index in [1.165, 1.54) is 11.3 Å². The number of carbonyl (C=O) groups excluding carboxylic acids is 1. The van der Waals surface area contributed by atoms with Gasteiger partial charge in [-0.1, -0.05) is 41.9 Å². The van der Waals surface area contributed by atoms with Crippen LogP contribution in [0.2, 0.25) is 4.34 Å². The maximum absolute atomic E-state index is 11.9. The number of thiophene rings is 1. The van der Waals surface area contributed by atoms with Crippen molar-refractivity contribution in [1.82, 2.24) is 5.43 Å². The highest BCUT2D eigenvalue weighted by molar-refractivity contribution is 7.18. The van der Waals surface area contributed by atoms with Crippen LogP contribution in [0.15, 0.2) is 59.7 Å². The number of benzene rings is 2. The van der Waals surface area contributed by atoms with Crippen molar-refractivity contribution in [3.63, 3.8) is 0 Å². The number of hydrogen-bond donors (Lipinski definition) is 1. The zero-order valence-corrected chi connectivity index (χ0v) is 14.5. The van der Waals surface area contributed by atoms with Gasteiger partial charge in [-0.15, -0.1) is 11.3 Å². The van der Waals surface area contributed by atoms with Crippen LogP contribution < -0.4 is 10.2 Å². The average molecular weight is 359 g/mol. The van der Waals surface area contributed by atoms with Gasteiger partial charge in [-0.2, -0.15) is 5.10 Å². The van der Waals surface area contributed by atoms with Crippen LogP contribution in [0.4, 0.5) is 0 Å². The molecule has 0 saturated carbocycles. The Morgan fingerprint density at radius 1 is 1.17 bits per heavy atom. The standard InChI is InChI=1S/C18H15ClN2O2S/c1-12(16-8-9-17(19)24-16)20-21-18(22)11-23-15-7-6-13-4-2-3-5-14(13)10-15/h2-10H,11H2,1H3,(H,21,22)/b20-12+. The minimum Gasteiger partial charge on any atom is -0.484 e. The molecule has 3 aromatic rings. The zero-order valence-electron chi connectivity index (χ0n) is 13.0. The summed E-state index contributed by atoms with van der Waals surface area (Å²) >= 11 is 7.29. The van der Waals surface area contributed by atoms with Crippen molar-refractivity contribution < 1.29 is 9.53 Å². The molecule has 0 fully saturated rings. The Morgan fingerprint density at radius 3 is 2.71 bits per heavy atom. The van der Waals surface area contributed by atoms with Gasteiger partial charge in [0.25, 0.3) is 5.91 Å². The molecule has 3 rings (SSSR count). The number of hydrazone groups is 1. The predicted molar refractivity (Wildman–Crippen MR) is 99.1 cm³/mol. The summed E-state index contributed by atoms with van der Waals surface area (Å²) in [6, 6.07) is 17.4. The minimum atomic E-state index is -0.315. The summed E-state index contributed by atoms with van der Waals surface area (Å²) in [4.78, 5) is 12.8. The Labute approximate surface area is 148 Å². The summed E-state index contributed by atoms with van der Waals surface area (Å²) < 4.78 is 6.20. The fraction of sp³-hybridized carbons (Fsp3) is 0.111. The molecule has 0 bridgehead atoms. The van der Waals surface area contributed by atoms with Gasteiger partial charge in [-0.25, -0.2) is 5.43 Å². The molecule has 2 aromatic carbocycles. The Morgan fingerprint density at radius 2 is 1.96 bits per heavy atom. The quantitative estimate of drug-likeness (QED) is 0.540. The van der Waals surface area contributed by atoms with E-state index in [0.717, 1.165) is 15.6 Å². The Balaban J connectivity index is 1.56. The molecule has 0 aliphatic heterocycles. The number of hydrogen-bond acceptors (Lipinski definition) is 4. The van der Waals surface area contributed by atoms with E-state index in [2.05, 4.69) is 10.5 Å². The van der Waals surface area contributed by atoms with E-state index in [-0.39, 0.29) is 12.5 Å². The number of amides is 1. The molecule has 0 aliphatic rings. The lowest BCUT2D eigenvalue weighted by Crippen LogP contribution is -2.25. The lowest BCUT2D eigenvalue weighted by atomic mass is 10.1. The minimum absolute atomic E-state index is 0.0969. The van der Waals surface area contributed by atoms with Gasteiger partial charge >= 0.3 is 0 Å². The first-order chi connectivity index (χ1) is 11.6. The molecule has 122 valence electrons. The van der Waals surface area contributed by atoms with Crippen LogP contribution in [0.25, 0.3) is 10.8 Å². The van der Waals surface area contributed by atoms with Crippen LogP contribution in [-0.2, 0) is 4.79 Å². The third kappa shape index (κ3) is 4.13. The highest BCUT2D eigenvalue weighted by Gasteiger charge is 2.05. The molecule has 24 heavy (non-hydrogen) atoms. The molecular weight excluding hydrogens is 344 g/mol. The van der Waals surface area contributed by atoms with E-state index in [9.17, 15) is 4.79 Å². The molecule has 0 spiro atoms. The van der Waals surface area contributed by atoms with Crippen molar-refractivity contribution in [2.75, 3.05) is 6.61 Å². The maximum Gasteiger partial charge on any atom is 0.277 e. The van der Waals surface area contributed by atoms with Gasteiger partial charge in [-0.05, 0) is 42.0 Å². The first-order valence-electron chi connectivity index (χ1n) is 7.32. The molecule has 0 radical (unpaired) electrons. The lowest BCUT2D eigenvalue weighted by Gasteiger charge is -2.06.